The maximum absolute atomic E-state index is 5.63. The van der Waals surface area contributed by atoms with Crippen LogP contribution in [0.25, 0.3) is 10.8 Å². The molecule has 1 N–H and O–H groups in total. The van der Waals surface area contributed by atoms with Crippen LogP contribution in [0.15, 0.2) is 34.9 Å². The van der Waals surface area contributed by atoms with Crippen LogP contribution in [0.3, 0.4) is 0 Å². The van der Waals surface area contributed by atoms with Crippen molar-refractivity contribution in [2.45, 2.75) is 0 Å². The van der Waals surface area contributed by atoms with Crippen LogP contribution in [0, 0.1) is 0 Å². The molecule has 4 heteroatoms. The standard InChI is InChI=1S/C11H10BrClN2/c12-10-3-1-2-9-8(10)4-6-14-11(9)15-7-5-13/h1-4,6H,5,7H2,(H,14,15). The van der Waals surface area contributed by atoms with Crippen LogP contribution in [0.1, 0.15) is 0 Å². The van der Waals surface area contributed by atoms with Crippen LogP contribution in [-0.2, 0) is 0 Å². The number of hydrogen-bond acceptors (Lipinski definition) is 2. The van der Waals surface area contributed by atoms with Crippen LogP contribution < -0.4 is 5.32 Å². The molecule has 1 aromatic carbocycles. The third-order valence-electron chi connectivity index (χ3n) is 2.14. The summed E-state index contributed by atoms with van der Waals surface area (Å²) in [5, 5.41) is 5.47. The van der Waals surface area contributed by atoms with Crippen molar-refractivity contribution in [2.75, 3.05) is 17.7 Å². The quantitative estimate of drug-likeness (QED) is 0.871. The number of halogens is 2. The fraction of sp³-hybridized carbons (Fsp3) is 0.182. The average Bonchev–Trinajstić information content (AvgIpc) is 2.27. The third kappa shape index (κ3) is 2.24. The topological polar surface area (TPSA) is 24.9 Å². The van der Waals surface area contributed by atoms with Crippen molar-refractivity contribution in [3.05, 3.63) is 34.9 Å². The Kier molecular flexibility index (Phi) is 3.44. The molecule has 2 aromatic rings. The largest absolute Gasteiger partial charge is 0.368 e. The van der Waals surface area contributed by atoms with Gasteiger partial charge >= 0.3 is 0 Å². The number of rotatable bonds is 3. The highest BCUT2D eigenvalue weighted by atomic mass is 79.9. The van der Waals surface area contributed by atoms with E-state index in [4.69, 9.17) is 11.6 Å². The van der Waals surface area contributed by atoms with E-state index < -0.39 is 0 Å². The zero-order valence-corrected chi connectivity index (χ0v) is 10.3. The number of hydrogen-bond donors (Lipinski definition) is 1. The number of alkyl halides is 1. The van der Waals surface area contributed by atoms with E-state index in [1.165, 1.54) is 0 Å². The monoisotopic (exact) mass is 284 g/mol. The molecule has 0 fully saturated rings. The highest BCUT2D eigenvalue weighted by molar-refractivity contribution is 9.10. The fourth-order valence-electron chi connectivity index (χ4n) is 1.48. The minimum Gasteiger partial charge on any atom is -0.368 e. The Morgan fingerprint density at radius 1 is 1.27 bits per heavy atom. The molecule has 78 valence electrons. The lowest BCUT2D eigenvalue weighted by molar-refractivity contribution is 1.18. The predicted octanol–water partition coefficient (Wildman–Crippen LogP) is 3.65. The number of aromatic nitrogens is 1. The first-order valence-electron chi connectivity index (χ1n) is 4.66. The third-order valence-corrected chi connectivity index (χ3v) is 3.02. The average molecular weight is 286 g/mol. The first kappa shape index (κ1) is 10.7. The van der Waals surface area contributed by atoms with Gasteiger partial charge in [-0.05, 0) is 12.1 Å². The van der Waals surface area contributed by atoms with Gasteiger partial charge in [-0.2, -0.15) is 0 Å². The highest BCUT2D eigenvalue weighted by Gasteiger charge is 2.03. The number of anilines is 1. The van der Waals surface area contributed by atoms with Crippen molar-refractivity contribution in [1.82, 2.24) is 4.98 Å². The SMILES string of the molecule is ClCCNc1nccc2c(Br)cccc12. The number of nitrogens with one attached hydrogen (secondary N) is 1. The molecule has 2 nitrogen and oxygen atoms in total. The molecule has 1 heterocycles. The van der Waals surface area contributed by atoms with Gasteiger partial charge in [0.05, 0.1) is 0 Å². The summed E-state index contributed by atoms with van der Waals surface area (Å²) in [6.45, 7) is 0.722. The molecule has 0 amide bonds. The minimum absolute atomic E-state index is 0.575. The lowest BCUT2D eigenvalue weighted by Gasteiger charge is -2.07. The Morgan fingerprint density at radius 3 is 2.93 bits per heavy atom. The van der Waals surface area contributed by atoms with Crippen molar-refractivity contribution < 1.29 is 0 Å². The van der Waals surface area contributed by atoms with Crippen molar-refractivity contribution >= 4 is 44.1 Å². The number of pyridine rings is 1. The molecule has 0 unspecified atom stereocenters. The number of nitrogens with zero attached hydrogens (tertiary/aromatic N) is 1. The van der Waals surface area contributed by atoms with Gasteiger partial charge in [-0.25, -0.2) is 4.98 Å². The second kappa shape index (κ2) is 4.81. The summed E-state index contributed by atoms with van der Waals surface area (Å²) in [7, 11) is 0. The van der Waals surface area contributed by atoms with Gasteiger partial charge in [0.25, 0.3) is 0 Å². The molecule has 0 spiro atoms. The zero-order valence-electron chi connectivity index (χ0n) is 8.00. The highest BCUT2D eigenvalue weighted by Crippen LogP contribution is 2.27. The van der Waals surface area contributed by atoms with E-state index in [0.717, 1.165) is 27.6 Å². The Labute approximate surface area is 102 Å². The molecule has 0 bridgehead atoms. The van der Waals surface area contributed by atoms with E-state index in [1.807, 2.05) is 24.3 Å². The molecule has 0 aliphatic heterocycles. The molecule has 0 aliphatic carbocycles. The summed E-state index contributed by atoms with van der Waals surface area (Å²) >= 11 is 9.15. The number of benzene rings is 1. The Hall–Kier alpha value is -0.800. The molecule has 0 aliphatic rings. The Morgan fingerprint density at radius 2 is 2.13 bits per heavy atom. The van der Waals surface area contributed by atoms with Crippen molar-refractivity contribution in [1.29, 1.82) is 0 Å². The van der Waals surface area contributed by atoms with Crippen LogP contribution >= 0.6 is 27.5 Å². The van der Waals surface area contributed by atoms with Crippen LogP contribution in [0.2, 0.25) is 0 Å². The fourth-order valence-corrected chi connectivity index (χ4v) is 2.07. The summed E-state index contributed by atoms with van der Waals surface area (Å²) in [6, 6.07) is 8.06. The van der Waals surface area contributed by atoms with Gasteiger partial charge in [0, 0.05) is 33.9 Å². The molecule has 0 saturated carbocycles. The first-order chi connectivity index (χ1) is 7.33. The molecule has 0 saturated heterocycles. The van der Waals surface area contributed by atoms with E-state index >= 15 is 0 Å². The smallest absolute Gasteiger partial charge is 0.133 e. The molecule has 1 aromatic heterocycles. The normalized spacial score (nSPS) is 10.5. The van der Waals surface area contributed by atoms with Crippen LogP contribution in [0.5, 0.6) is 0 Å². The second-order valence-electron chi connectivity index (χ2n) is 3.11. The summed E-state index contributed by atoms with van der Waals surface area (Å²) in [5.41, 5.74) is 0. The lowest BCUT2D eigenvalue weighted by atomic mass is 10.1. The Balaban J connectivity index is 2.51. The second-order valence-corrected chi connectivity index (χ2v) is 4.34. The van der Waals surface area contributed by atoms with Crippen molar-refractivity contribution in [3.8, 4) is 0 Å². The van der Waals surface area contributed by atoms with Crippen LogP contribution in [0.4, 0.5) is 5.82 Å². The minimum atomic E-state index is 0.575. The van der Waals surface area contributed by atoms with Gasteiger partial charge in [0.1, 0.15) is 5.82 Å². The summed E-state index contributed by atoms with van der Waals surface area (Å²) < 4.78 is 1.08. The predicted molar refractivity (Wildman–Crippen MR) is 68.7 cm³/mol. The van der Waals surface area contributed by atoms with Gasteiger partial charge in [0.2, 0.25) is 0 Å². The van der Waals surface area contributed by atoms with Gasteiger partial charge < -0.3 is 5.32 Å². The zero-order chi connectivity index (χ0) is 10.7. The van der Waals surface area contributed by atoms with E-state index in [9.17, 15) is 0 Å². The van der Waals surface area contributed by atoms with Gasteiger partial charge in [-0.3, -0.25) is 0 Å². The molecule has 0 radical (unpaired) electrons. The first-order valence-corrected chi connectivity index (χ1v) is 5.99. The molecule has 0 atom stereocenters. The summed E-state index contributed by atoms with van der Waals surface area (Å²) in [4.78, 5) is 4.29. The van der Waals surface area contributed by atoms with E-state index in [2.05, 4.69) is 26.2 Å². The van der Waals surface area contributed by atoms with Gasteiger partial charge in [-0.15, -0.1) is 11.6 Å². The number of fused-ring (bicyclic) bond motifs is 1. The van der Waals surface area contributed by atoms with E-state index in [0.29, 0.717) is 5.88 Å². The summed E-state index contributed by atoms with van der Waals surface area (Å²) in [5.74, 6) is 1.46. The van der Waals surface area contributed by atoms with Crippen molar-refractivity contribution in [2.24, 2.45) is 0 Å². The van der Waals surface area contributed by atoms with Gasteiger partial charge in [-0.1, -0.05) is 28.1 Å². The van der Waals surface area contributed by atoms with Crippen molar-refractivity contribution in [3.63, 3.8) is 0 Å². The maximum atomic E-state index is 5.63. The molecular formula is C11H10BrClN2. The maximum Gasteiger partial charge on any atom is 0.133 e. The van der Waals surface area contributed by atoms with E-state index in [1.54, 1.807) is 6.20 Å². The molecule has 2 rings (SSSR count). The summed E-state index contributed by atoms with van der Waals surface area (Å²) in [6.07, 6.45) is 1.80. The Bertz CT molecular complexity index is 473. The molecule has 15 heavy (non-hydrogen) atoms. The van der Waals surface area contributed by atoms with Crippen LogP contribution in [-0.4, -0.2) is 17.4 Å². The molecular weight excluding hydrogens is 275 g/mol. The lowest BCUT2D eigenvalue weighted by Crippen LogP contribution is -2.04. The van der Waals surface area contributed by atoms with Gasteiger partial charge in [0.15, 0.2) is 0 Å². The van der Waals surface area contributed by atoms with E-state index in [-0.39, 0.29) is 0 Å².